The van der Waals surface area contributed by atoms with Crippen LogP contribution in [0.3, 0.4) is 0 Å². The van der Waals surface area contributed by atoms with Crippen LogP contribution >= 0.6 is 0 Å². The van der Waals surface area contributed by atoms with E-state index < -0.39 is 10.8 Å². The van der Waals surface area contributed by atoms with Crippen molar-refractivity contribution in [3.63, 3.8) is 0 Å². The summed E-state index contributed by atoms with van der Waals surface area (Å²) in [5.74, 6) is 1.56. The average Bonchev–Trinajstić information content (AvgIpc) is 2.20. The first kappa shape index (κ1) is 10.5. The molecule has 0 atom stereocenters. The molecule has 0 aromatic heterocycles. The molecule has 0 radical (unpaired) electrons. The third-order valence-corrected chi connectivity index (χ3v) is 4.02. The second kappa shape index (κ2) is 4.23. The van der Waals surface area contributed by atoms with Gasteiger partial charge in [0.05, 0.1) is 0 Å². The summed E-state index contributed by atoms with van der Waals surface area (Å²) in [5.41, 5.74) is 8.93. The van der Waals surface area contributed by atoms with Gasteiger partial charge in [-0.05, 0) is 30.7 Å². The van der Waals surface area contributed by atoms with Crippen molar-refractivity contribution in [3.05, 3.63) is 23.8 Å². The third-order valence-electron chi connectivity index (χ3n) is 2.74. The molecule has 1 heterocycles. The molecule has 1 fully saturated rings. The Bertz CT molecular complexity index is 382. The van der Waals surface area contributed by atoms with E-state index >= 15 is 0 Å². The Kier molecular flexibility index (Phi) is 2.95. The van der Waals surface area contributed by atoms with Gasteiger partial charge in [-0.1, -0.05) is 0 Å². The second-order valence-corrected chi connectivity index (χ2v) is 5.58. The van der Waals surface area contributed by atoms with Crippen molar-refractivity contribution in [3.8, 4) is 0 Å². The van der Waals surface area contributed by atoms with Crippen LogP contribution < -0.4 is 10.6 Å². The SMILES string of the molecule is Cc1cc(N)ccc1N1CCS(=O)CC1. The van der Waals surface area contributed by atoms with Gasteiger partial charge in [-0.2, -0.15) is 0 Å². The summed E-state index contributed by atoms with van der Waals surface area (Å²) < 4.78 is 11.2. The lowest BCUT2D eigenvalue weighted by atomic mass is 10.1. The molecule has 3 nitrogen and oxygen atoms in total. The highest BCUT2D eigenvalue weighted by Gasteiger charge is 2.16. The Morgan fingerprint density at radius 1 is 1.33 bits per heavy atom. The number of nitrogens with two attached hydrogens (primary N) is 1. The topological polar surface area (TPSA) is 46.3 Å². The molecule has 4 heteroatoms. The molecular weight excluding hydrogens is 208 g/mol. The quantitative estimate of drug-likeness (QED) is 0.728. The normalized spacial score (nSPS) is 18.1. The van der Waals surface area contributed by atoms with Crippen LogP contribution in [-0.2, 0) is 10.8 Å². The van der Waals surface area contributed by atoms with Crippen molar-refractivity contribution in [1.82, 2.24) is 0 Å². The van der Waals surface area contributed by atoms with Gasteiger partial charge < -0.3 is 10.6 Å². The van der Waals surface area contributed by atoms with E-state index in [0.29, 0.717) is 0 Å². The minimum atomic E-state index is -0.612. The maximum Gasteiger partial charge on any atom is 0.0411 e. The Labute approximate surface area is 92.7 Å². The van der Waals surface area contributed by atoms with Gasteiger partial charge in [0, 0.05) is 46.8 Å². The van der Waals surface area contributed by atoms with Crippen LogP contribution in [0.15, 0.2) is 18.2 Å². The summed E-state index contributed by atoms with van der Waals surface area (Å²) in [6.45, 7) is 3.84. The number of anilines is 2. The Morgan fingerprint density at radius 2 is 2.00 bits per heavy atom. The van der Waals surface area contributed by atoms with E-state index in [1.165, 1.54) is 11.3 Å². The molecule has 0 unspecified atom stereocenters. The van der Waals surface area contributed by atoms with Crippen LogP contribution in [0, 0.1) is 6.92 Å². The van der Waals surface area contributed by atoms with Crippen LogP contribution in [0.1, 0.15) is 5.56 Å². The molecular formula is C11H16N2OS. The van der Waals surface area contributed by atoms with E-state index in [1.54, 1.807) is 0 Å². The van der Waals surface area contributed by atoms with Crippen LogP contribution in [0.4, 0.5) is 11.4 Å². The van der Waals surface area contributed by atoms with Crippen molar-refractivity contribution < 1.29 is 4.21 Å². The molecule has 0 spiro atoms. The lowest BCUT2D eigenvalue weighted by Crippen LogP contribution is -2.38. The van der Waals surface area contributed by atoms with Crippen LogP contribution in [0.5, 0.6) is 0 Å². The van der Waals surface area contributed by atoms with Crippen molar-refractivity contribution in [2.24, 2.45) is 0 Å². The molecule has 1 aliphatic heterocycles. The number of hydrogen-bond donors (Lipinski definition) is 1. The third kappa shape index (κ3) is 2.31. The molecule has 0 saturated carbocycles. The average molecular weight is 224 g/mol. The molecule has 82 valence electrons. The highest BCUT2D eigenvalue weighted by atomic mass is 32.2. The standard InChI is InChI=1S/C11H16N2OS/c1-9-8-10(12)2-3-11(9)13-4-6-15(14)7-5-13/h2-3,8H,4-7,12H2,1H3. The van der Waals surface area contributed by atoms with Gasteiger partial charge in [0.1, 0.15) is 0 Å². The molecule has 0 aliphatic carbocycles. The summed E-state index contributed by atoms with van der Waals surface area (Å²) in [4.78, 5) is 2.29. The fourth-order valence-corrected chi connectivity index (χ4v) is 2.96. The van der Waals surface area contributed by atoms with Crippen molar-refractivity contribution >= 4 is 22.2 Å². The second-order valence-electron chi connectivity index (χ2n) is 3.88. The maximum atomic E-state index is 11.2. The van der Waals surface area contributed by atoms with E-state index in [2.05, 4.69) is 17.9 Å². The molecule has 2 N–H and O–H groups in total. The van der Waals surface area contributed by atoms with E-state index in [-0.39, 0.29) is 0 Å². The zero-order valence-corrected chi connectivity index (χ0v) is 9.72. The van der Waals surface area contributed by atoms with Crippen molar-refractivity contribution in [2.75, 3.05) is 35.2 Å². The molecule has 1 aliphatic rings. The first-order valence-electron chi connectivity index (χ1n) is 5.13. The molecule has 1 aromatic rings. The molecule has 2 rings (SSSR count). The highest BCUT2D eigenvalue weighted by molar-refractivity contribution is 7.85. The molecule has 0 bridgehead atoms. The number of rotatable bonds is 1. The minimum absolute atomic E-state index is 0.612. The zero-order valence-electron chi connectivity index (χ0n) is 8.90. The van der Waals surface area contributed by atoms with Gasteiger partial charge in [-0.15, -0.1) is 0 Å². The molecule has 1 aromatic carbocycles. The number of nitrogens with zero attached hydrogens (tertiary/aromatic N) is 1. The minimum Gasteiger partial charge on any atom is -0.399 e. The van der Waals surface area contributed by atoms with Gasteiger partial charge in [0.25, 0.3) is 0 Å². The summed E-state index contributed by atoms with van der Waals surface area (Å²) in [6, 6.07) is 5.97. The fourth-order valence-electron chi connectivity index (χ4n) is 1.91. The van der Waals surface area contributed by atoms with Crippen molar-refractivity contribution in [2.45, 2.75) is 6.92 Å². The fraction of sp³-hybridized carbons (Fsp3) is 0.455. The summed E-state index contributed by atoms with van der Waals surface area (Å²) in [7, 11) is -0.612. The Morgan fingerprint density at radius 3 is 2.60 bits per heavy atom. The van der Waals surface area contributed by atoms with E-state index in [1.807, 2.05) is 12.1 Å². The number of nitrogen functional groups attached to an aromatic ring is 1. The van der Waals surface area contributed by atoms with Crippen LogP contribution in [0.2, 0.25) is 0 Å². The first-order chi connectivity index (χ1) is 7.16. The number of hydrogen-bond acceptors (Lipinski definition) is 3. The first-order valence-corrected chi connectivity index (χ1v) is 6.61. The Balaban J connectivity index is 2.19. The number of aryl methyl sites for hydroxylation is 1. The lowest BCUT2D eigenvalue weighted by Gasteiger charge is -2.29. The summed E-state index contributed by atoms with van der Waals surface area (Å²) >= 11 is 0. The Hall–Kier alpha value is -1.03. The zero-order chi connectivity index (χ0) is 10.8. The van der Waals surface area contributed by atoms with Gasteiger partial charge in [0.2, 0.25) is 0 Å². The molecule has 15 heavy (non-hydrogen) atoms. The maximum absolute atomic E-state index is 11.2. The highest BCUT2D eigenvalue weighted by Crippen LogP contribution is 2.23. The van der Waals surface area contributed by atoms with E-state index in [9.17, 15) is 4.21 Å². The smallest absolute Gasteiger partial charge is 0.0411 e. The van der Waals surface area contributed by atoms with Crippen LogP contribution in [-0.4, -0.2) is 28.8 Å². The monoisotopic (exact) mass is 224 g/mol. The van der Waals surface area contributed by atoms with E-state index in [4.69, 9.17) is 5.73 Å². The molecule has 1 saturated heterocycles. The van der Waals surface area contributed by atoms with Gasteiger partial charge in [0.15, 0.2) is 0 Å². The van der Waals surface area contributed by atoms with Gasteiger partial charge in [-0.3, -0.25) is 4.21 Å². The van der Waals surface area contributed by atoms with Gasteiger partial charge >= 0.3 is 0 Å². The number of benzene rings is 1. The summed E-state index contributed by atoms with van der Waals surface area (Å²) in [5, 5.41) is 0. The van der Waals surface area contributed by atoms with Crippen LogP contribution in [0.25, 0.3) is 0 Å². The van der Waals surface area contributed by atoms with Crippen molar-refractivity contribution in [1.29, 1.82) is 0 Å². The lowest BCUT2D eigenvalue weighted by molar-refractivity contribution is 0.673. The van der Waals surface area contributed by atoms with Gasteiger partial charge in [-0.25, -0.2) is 0 Å². The molecule has 0 amide bonds. The predicted octanol–water partition coefficient (Wildman–Crippen LogP) is 1.15. The predicted molar refractivity (Wildman–Crippen MR) is 65.7 cm³/mol. The largest absolute Gasteiger partial charge is 0.399 e. The summed E-state index contributed by atoms with van der Waals surface area (Å²) in [6.07, 6.45) is 0. The van der Waals surface area contributed by atoms with E-state index in [0.717, 1.165) is 30.3 Å².